The van der Waals surface area contributed by atoms with Gasteiger partial charge in [-0.15, -0.1) is 0 Å². The van der Waals surface area contributed by atoms with Crippen LogP contribution in [0, 0.1) is 5.82 Å². The molecular weight excluding hydrogens is 255 g/mol. The van der Waals surface area contributed by atoms with Crippen LogP contribution in [0.5, 0.6) is 11.5 Å². The molecule has 0 atom stereocenters. The second-order valence-corrected chi connectivity index (χ2v) is 4.33. The molecule has 0 aliphatic rings. The van der Waals surface area contributed by atoms with Crippen LogP contribution in [0.3, 0.4) is 0 Å². The van der Waals surface area contributed by atoms with E-state index in [1.807, 2.05) is 43.3 Å². The fourth-order valence-corrected chi connectivity index (χ4v) is 1.89. The van der Waals surface area contributed by atoms with E-state index in [0.29, 0.717) is 18.1 Å². The van der Waals surface area contributed by atoms with Crippen molar-refractivity contribution in [1.29, 1.82) is 0 Å². The molecule has 2 nitrogen and oxygen atoms in total. The predicted molar refractivity (Wildman–Crippen MR) is 78.4 cm³/mol. The number of rotatable bonds is 5. The Morgan fingerprint density at radius 2 is 1.95 bits per heavy atom. The van der Waals surface area contributed by atoms with Gasteiger partial charge in [-0.05, 0) is 42.3 Å². The summed E-state index contributed by atoms with van der Waals surface area (Å²) < 4.78 is 24.1. The molecule has 2 aromatic carbocycles. The van der Waals surface area contributed by atoms with Gasteiger partial charge in [0.25, 0.3) is 0 Å². The zero-order chi connectivity index (χ0) is 14.4. The van der Waals surface area contributed by atoms with Crippen molar-refractivity contribution in [3.05, 3.63) is 65.5 Å². The molecule has 0 fully saturated rings. The van der Waals surface area contributed by atoms with E-state index < -0.39 is 0 Å². The van der Waals surface area contributed by atoms with Crippen LogP contribution in [0.1, 0.15) is 18.1 Å². The Balaban J connectivity index is 2.13. The summed E-state index contributed by atoms with van der Waals surface area (Å²) in [5.41, 5.74) is 1.83. The SMILES string of the molecule is CC=Cc1ccc(OCc2cccc(F)c2)c(OC)c1. The first-order valence-electron chi connectivity index (χ1n) is 6.41. The van der Waals surface area contributed by atoms with E-state index in [1.165, 1.54) is 12.1 Å². The summed E-state index contributed by atoms with van der Waals surface area (Å²) in [5.74, 6) is 1.04. The fourth-order valence-electron chi connectivity index (χ4n) is 1.89. The summed E-state index contributed by atoms with van der Waals surface area (Å²) in [6.07, 6.45) is 3.95. The van der Waals surface area contributed by atoms with Gasteiger partial charge in [-0.25, -0.2) is 4.39 Å². The first-order valence-corrected chi connectivity index (χ1v) is 6.41. The molecular formula is C17H17FO2. The molecule has 104 valence electrons. The van der Waals surface area contributed by atoms with Gasteiger partial charge >= 0.3 is 0 Å². The van der Waals surface area contributed by atoms with Gasteiger partial charge < -0.3 is 9.47 Å². The lowest BCUT2D eigenvalue weighted by atomic mass is 10.2. The maximum Gasteiger partial charge on any atom is 0.161 e. The molecule has 3 heteroatoms. The highest BCUT2D eigenvalue weighted by molar-refractivity contribution is 5.55. The molecule has 0 heterocycles. The van der Waals surface area contributed by atoms with Gasteiger partial charge in [0.15, 0.2) is 11.5 Å². The van der Waals surface area contributed by atoms with Gasteiger partial charge in [0.2, 0.25) is 0 Å². The maximum absolute atomic E-state index is 13.1. The van der Waals surface area contributed by atoms with Gasteiger partial charge in [0.1, 0.15) is 12.4 Å². The molecule has 0 aliphatic heterocycles. The van der Waals surface area contributed by atoms with Gasteiger partial charge in [0.05, 0.1) is 7.11 Å². The maximum atomic E-state index is 13.1. The van der Waals surface area contributed by atoms with E-state index in [0.717, 1.165) is 11.1 Å². The van der Waals surface area contributed by atoms with Crippen molar-refractivity contribution in [3.8, 4) is 11.5 Å². The number of ether oxygens (including phenoxy) is 2. The van der Waals surface area contributed by atoms with Crippen LogP contribution < -0.4 is 9.47 Å². The molecule has 0 N–H and O–H groups in total. The van der Waals surface area contributed by atoms with Crippen molar-refractivity contribution < 1.29 is 13.9 Å². The topological polar surface area (TPSA) is 18.5 Å². The van der Waals surface area contributed by atoms with E-state index in [2.05, 4.69) is 0 Å². The minimum absolute atomic E-state index is 0.263. The summed E-state index contributed by atoms with van der Waals surface area (Å²) in [4.78, 5) is 0. The van der Waals surface area contributed by atoms with Crippen LogP contribution in [-0.4, -0.2) is 7.11 Å². The van der Waals surface area contributed by atoms with Crippen LogP contribution in [0.4, 0.5) is 4.39 Å². The van der Waals surface area contributed by atoms with Gasteiger partial charge in [0, 0.05) is 0 Å². The van der Waals surface area contributed by atoms with Gasteiger partial charge in [-0.3, -0.25) is 0 Å². The third-order valence-electron chi connectivity index (χ3n) is 2.83. The Labute approximate surface area is 118 Å². The quantitative estimate of drug-likeness (QED) is 0.800. The monoisotopic (exact) mass is 272 g/mol. The second kappa shape index (κ2) is 6.75. The van der Waals surface area contributed by atoms with Crippen LogP contribution in [-0.2, 0) is 6.61 Å². The molecule has 0 radical (unpaired) electrons. The molecule has 0 saturated heterocycles. The van der Waals surface area contributed by atoms with Crippen LogP contribution in [0.25, 0.3) is 6.08 Å². The van der Waals surface area contributed by atoms with Crippen molar-refractivity contribution in [2.24, 2.45) is 0 Å². The number of hydrogen-bond acceptors (Lipinski definition) is 2. The molecule has 0 amide bonds. The first-order chi connectivity index (χ1) is 9.72. The number of halogens is 1. The number of methoxy groups -OCH3 is 1. The Kier molecular flexibility index (Phi) is 4.77. The Hall–Kier alpha value is -2.29. The van der Waals surface area contributed by atoms with E-state index in [9.17, 15) is 4.39 Å². The van der Waals surface area contributed by atoms with Crippen molar-refractivity contribution in [1.82, 2.24) is 0 Å². The zero-order valence-electron chi connectivity index (χ0n) is 11.6. The summed E-state index contributed by atoms with van der Waals surface area (Å²) in [6, 6.07) is 12.1. The molecule has 0 unspecified atom stereocenters. The smallest absolute Gasteiger partial charge is 0.161 e. The predicted octanol–water partition coefficient (Wildman–Crippen LogP) is 4.45. The first kappa shape index (κ1) is 14.1. The van der Waals surface area contributed by atoms with E-state index in [1.54, 1.807) is 13.2 Å². The summed E-state index contributed by atoms with van der Waals surface area (Å²) >= 11 is 0. The number of allylic oxidation sites excluding steroid dienone is 1. The lowest BCUT2D eigenvalue weighted by Crippen LogP contribution is -1.98. The summed E-state index contributed by atoms with van der Waals surface area (Å²) in [6.45, 7) is 2.26. The van der Waals surface area contributed by atoms with Gasteiger partial charge in [-0.2, -0.15) is 0 Å². The fraction of sp³-hybridized carbons (Fsp3) is 0.176. The largest absolute Gasteiger partial charge is 0.493 e. The third-order valence-corrected chi connectivity index (χ3v) is 2.83. The second-order valence-electron chi connectivity index (χ2n) is 4.33. The lowest BCUT2D eigenvalue weighted by molar-refractivity contribution is 0.284. The third kappa shape index (κ3) is 3.60. The van der Waals surface area contributed by atoms with Crippen molar-refractivity contribution >= 4 is 6.08 Å². The van der Waals surface area contributed by atoms with Crippen LogP contribution in [0.2, 0.25) is 0 Å². The highest BCUT2D eigenvalue weighted by Gasteiger charge is 2.05. The molecule has 0 spiro atoms. The lowest BCUT2D eigenvalue weighted by Gasteiger charge is -2.11. The standard InChI is InChI=1S/C17H17FO2/c1-3-5-13-8-9-16(17(11-13)19-2)20-12-14-6-4-7-15(18)10-14/h3-11H,12H2,1-2H3. The zero-order valence-corrected chi connectivity index (χ0v) is 11.6. The van der Waals surface area contributed by atoms with E-state index in [4.69, 9.17) is 9.47 Å². The Morgan fingerprint density at radius 3 is 2.65 bits per heavy atom. The Morgan fingerprint density at radius 1 is 1.10 bits per heavy atom. The van der Waals surface area contributed by atoms with Crippen molar-refractivity contribution in [3.63, 3.8) is 0 Å². The molecule has 0 aromatic heterocycles. The minimum atomic E-state index is -0.263. The van der Waals surface area contributed by atoms with Gasteiger partial charge in [-0.1, -0.05) is 30.4 Å². The van der Waals surface area contributed by atoms with Crippen molar-refractivity contribution in [2.75, 3.05) is 7.11 Å². The number of hydrogen-bond donors (Lipinski definition) is 0. The van der Waals surface area contributed by atoms with Crippen molar-refractivity contribution in [2.45, 2.75) is 13.5 Å². The average Bonchev–Trinajstić information content (AvgIpc) is 2.46. The number of benzene rings is 2. The molecule has 0 bridgehead atoms. The highest BCUT2D eigenvalue weighted by Crippen LogP contribution is 2.29. The molecule has 2 rings (SSSR count). The van der Waals surface area contributed by atoms with Crippen LogP contribution >= 0.6 is 0 Å². The van der Waals surface area contributed by atoms with E-state index >= 15 is 0 Å². The normalized spacial score (nSPS) is 10.8. The molecule has 0 saturated carbocycles. The summed E-state index contributed by atoms with van der Waals surface area (Å²) in [5, 5.41) is 0. The molecule has 2 aromatic rings. The minimum Gasteiger partial charge on any atom is -0.493 e. The summed E-state index contributed by atoms with van der Waals surface area (Å²) in [7, 11) is 1.60. The molecule has 0 aliphatic carbocycles. The Bertz CT molecular complexity index is 606. The van der Waals surface area contributed by atoms with Crippen LogP contribution in [0.15, 0.2) is 48.5 Å². The van der Waals surface area contributed by atoms with E-state index in [-0.39, 0.29) is 5.82 Å². The highest BCUT2D eigenvalue weighted by atomic mass is 19.1. The average molecular weight is 272 g/mol. The molecule has 20 heavy (non-hydrogen) atoms.